The van der Waals surface area contributed by atoms with Gasteiger partial charge in [0.15, 0.2) is 0 Å². The summed E-state index contributed by atoms with van der Waals surface area (Å²) in [6.07, 6.45) is 6.12. The minimum Gasteiger partial charge on any atom is -0.359 e. The van der Waals surface area contributed by atoms with Crippen LogP contribution in [0.25, 0.3) is 0 Å². The first-order chi connectivity index (χ1) is 8.22. The van der Waals surface area contributed by atoms with E-state index < -0.39 is 0 Å². The second-order valence-corrected chi connectivity index (χ2v) is 4.54. The number of hydrogen-bond donors (Lipinski definition) is 2. The molecular weight excluding hydrogens is 238 g/mol. The van der Waals surface area contributed by atoms with Crippen LogP contribution in [0.1, 0.15) is 30.4 Å². The van der Waals surface area contributed by atoms with E-state index in [2.05, 4.69) is 10.3 Å². The summed E-state index contributed by atoms with van der Waals surface area (Å²) in [5.74, 6) is 0.675. The van der Waals surface area contributed by atoms with Gasteiger partial charge in [-0.05, 0) is 31.7 Å². The molecule has 17 heavy (non-hydrogen) atoms. The van der Waals surface area contributed by atoms with Crippen molar-refractivity contribution in [1.29, 1.82) is 5.41 Å². The number of pyridine rings is 1. The van der Waals surface area contributed by atoms with E-state index in [0.29, 0.717) is 10.8 Å². The Balaban J connectivity index is 2.19. The summed E-state index contributed by atoms with van der Waals surface area (Å²) in [7, 11) is 0. The molecule has 1 unspecified atom stereocenters. The highest BCUT2D eigenvalue weighted by molar-refractivity contribution is 6.31. The lowest BCUT2D eigenvalue weighted by molar-refractivity contribution is 0.0341. The van der Waals surface area contributed by atoms with Gasteiger partial charge in [-0.1, -0.05) is 11.6 Å². The molecule has 1 aromatic rings. The zero-order chi connectivity index (χ0) is 12.3. The van der Waals surface area contributed by atoms with E-state index in [-0.39, 0.29) is 6.23 Å². The molecule has 1 atom stereocenters. The Bertz CT molecular complexity index is 416. The van der Waals surface area contributed by atoms with Gasteiger partial charge >= 0.3 is 0 Å². The zero-order valence-electron chi connectivity index (χ0n) is 9.79. The Kier molecular flexibility index (Phi) is 3.97. The van der Waals surface area contributed by atoms with Crippen LogP contribution in [0.4, 0.5) is 5.82 Å². The zero-order valence-corrected chi connectivity index (χ0v) is 10.5. The first kappa shape index (κ1) is 12.3. The maximum atomic E-state index is 7.43. The van der Waals surface area contributed by atoms with Crippen LogP contribution in [0.2, 0.25) is 5.02 Å². The first-order valence-corrected chi connectivity index (χ1v) is 6.14. The maximum absolute atomic E-state index is 7.43. The number of nitrogens with one attached hydrogen (secondary N) is 2. The number of hydrogen-bond acceptors (Lipinski definition) is 4. The van der Waals surface area contributed by atoms with Crippen molar-refractivity contribution in [3.8, 4) is 0 Å². The molecule has 2 N–H and O–H groups in total. The predicted molar refractivity (Wildman–Crippen MR) is 69.1 cm³/mol. The predicted octanol–water partition coefficient (Wildman–Crippen LogP) is 2.98. The number of anilines is 1. The van der Waals surface area contributed by atoms with Crippen LogP contribution in [0.5, 0.6) is 0 Å². The molecule has 0 aliphatic carbocycles. The molecule has 5 heteroatoms. The van der Waals surface area contributed by atoms with Gasteiger partial charge in [0.25, 0.3) is 0 Å². The Hall–Kier alpha value is -1.13. The van der Waals surface area contributed by atoms with Crippen LogP contribution in [-0.4, -0.2) is 24.0 Å². The normalized spacial score (nSPS) is 20.0. The van der Waals surface area contributed by atoms with Gasteiger partial charge in [-0.15, -0.1) is 0 Å². The van der Waals surface area contributed by atoms with Gasteiger partial charge in [-0.25, -0.2) is 4.98 Å². The highest BCUT2D eigenvalue weighted by Crippen LogP contribution is 2.24. The number of aromatic nitrogens is 1. The molecule has 1 saturated heterocycles. The van der Waals surface area contributed by atoms with E-state index >= 15 is 0 Å². The molecule has 4 nitrogen and oxygen atoms in total. The Morgan fingerprint density at radius 3 is 3.06 bits per heavy atom. The monoisotopic (exact) mass is 253 g/mol. The standard InChI is InChI=1S/C12H16ClN3O/c1-8-9(6-14)12(15-7-10(8)13)16-11-4-2-3-5-17-11/h6-7,11,14H,2-5H2,1H3,(H,15,16). The summed E-state index contributed by atoms with van der Waals surface area (Å²) in [6, 6.07) is 0. The van der Waals surface area contributed by atoms with Crippen LogP contribution in [0.3, 0.4) is 0 Å². The fraction of sp³-hybridized carbons (Fsp3) is 0.500. The van der Waals surface area contributed by atoms with Crippen molar-refractivity contribution in [2.75, 3.05) is 11.9 Å². The molecule has 0 spiro atoms. The van der Waals surface area contributed by atoms with Crippen molar-refractivity contribution in [3.63, 3.8) is 0 Å². The molecule has 1 aromatic heterocycles. The first-order valence-electron chi connectivity index (χ1n) is 5.76. The lowest BCUT2D eigenvalue weighted by atomic mass is 10.1. The molecular formula is C12H16ClN3O. The van der Waals surface area contributed by atoms with Crippen LogP contribution in [0, 0.1) is 12.3 Å². The van der Waals surface area contributed by atoms with E-state index in [9.17, 15) is 0 Å². The van der Waals surface area contributed by atoms with Gasteiger partial charge in [0.2, 0.25) is 0 Å². The topological polar surface area (TPSA) is 58.0 Å². The number of nitrogens with zero attached hydrogens (tertiary/aromatic N) is 1. The van der Waals surface area contributed by atoms with E-state index in [1.165, 1.54) is 6.21 Å². The Morgan fingerprint density at radius 2 is 2.41 bits per heavy atom. The maximum Gasteiger partial charge on any atom is 0.137 e. The second-order valence-electron chi connectivity index (χ2n) is 4.14. The van der Waals surface area contributed by atoms with E-state index in [1.54, 1.807) is 6.20 Å². The Morgan fingerprint density at radius 1 is 1.59 bits per heavy atom. The van der Waals surface area contributed by atoms with Crippen LogP contribution in [0.15, 0.2) is 6.20 Å². The summed E-state index contributed by atoms with van der Waals surface area (Å²) >= 11 is 5.98. The lowest BCUT2D eigenvalue weighted by Gasteiger charge is -2.25. The van der Waals surface area contributed by atoms with Crippen molar-refractivity contribution < 1.29 is 4.74 Å². The third kappa shape index (κ3) is 2.76. The molecule has 0 bridgehead atoms. The molecule has 2 heterocycles. The highest BCUT2D eigenvalue weighted by Gasteiger charge is 2.16. The molecule has 1 aliphatic heterocycles. The Labute approximate surface area is 106 Å². The molecule has 0 aromatic carbocycles. The summed E-state index contributed by atoms with van der Waals surface area (Å²) < 4.78 is 5.59. The van der Waals surface area contributed by atoms with Gasteiger partial charge in [-0.2, -0.15) is 0 Å². The number of ether oxygens (including phenoxy) is 1. The highest BCUT2D eigenvalue weighted by atomic mass is 35.5. The van der Waals surface area contributed by atoms with Gasteiger partial charge in [-0.3, -0.25) is 0 Å². The quantitative estimate of drug-likeness (QED) is 0.815. The molecule has 92 valence electrons. The molecule has 0 amide bonds. The molecule has 1 fully saturated rings. The number of rotatable bonds is 3. The van der Waals surface area contributed by atoms with Crippen molar-refractivity contribution in [2.45, 2.75) is 32.4 Å². The van der Waals surface area contributed by atoms with Gasteiger partial charge in [0.05, 0.1) is 5.02 Å². The summed E-state index contributed by atoms with van der Waals surface area (Å²) in [6.45, 7) is 2.67. The molecule has 0 radical (unpaired) electrons. The summed E-state index contributed by atoms with van der Waals surface area (Å²) in [5, 5.41) is 11.2. The van der Waals surface area contributed by atoms with Gasteiger partial charge in [0.1, 0.15) is 12.0 Å². The van der Waals surface area contributed by atoms with Crippen molar-refractivity contribution >= 4 is 23.6 Å². The van der Waals surface area contributed by atoms with E-state index in [4.69, 9.17) is 21.7 Å². The summed E-state index contributed by atoms with van der Waals surface area (Å²) in [5.41, 5.74) is 1.60. The van der Waals surface area contributed by atoms with Crippen molar-refractivity contribution in [2.24, 2.45) is 0 Å². The largest absolute Gasteiger partial charge is 0.359 e. The van der Waals surface area contributed by atoms with E-state index in [0.717, 1.165) is 37.0 Å². The van der Waals surface area contributed by atoms with Crippen LogP contribution < -0.4 is 5.32 Å². The van der Waals surface area contributed by atoms with Crippen molar-refractivity contribution in [3.05, 3.63) is 22.3 Å². The average Bonchev–Trinajstić information content (AvgIpc) is 2.36. The van der Waals surface area contributed by atoms with Crippen LogP contribution >= 0.6 is 11.6 Å². The fourth-order valence-corrected chi connectivity index (χ4v) is 2.04. The van der Waals surface area contributed by atoms with Gasteiger partial charge in [0, 0.05) is 24.6 Å². The van der Waals surface area contributed by atoms with Gasteiger partial charge < -0.3 is 15.5 Å². The summed E-state index contributed by atoms with van der Waals surface area (Å²) in [4.78, 5) is 4.23. The SMILES string of the molecule is Cc1c(Cl)cnc(NC2CCCCO2)c1C=N. The third-order valence-electron chi connectivity index (χ3n) is 2.95. The third-order valence-corrected chi connectivity index (χ3v) is 3.33. The molecule has 2 rings (SSSR count). The number of halogens is 1. The smallest absolute Gasteiger partial charge is 0.137 e. The molecule has 1 aliphatic rings. The lowest BCUT2D eigenvalue weighted by Crippen LogP contribution is -2.28. The average molecular weight is 254 g/mol. The second kappa shape index (κ2) is 5.47. The fourth-order valence-electron chi connectivity index (χ4n) is 1.89. The minimum atomic E-state index is -0.00414. The minimum absolute atomic E-state index is 0.00414. The molecule has 0 saturated carbocycles. The van der Waals surface area contributed by atoms with Crippen molar-refractivity contribution in [1.82, 2.24) is 4.98 Å². The van der Waals surface area contributed by atoms with Crippen LogP contribution in [-0.2, 0) is 4.74 Å². The van der Waals surface area contributed by atoms with E-state index in [1.807, 2.05) is 6.92 Å².